The summed E-state index contributed by atoms with van der Waals surface area (Å²) in [4.78, 5) is 8.51. The number of aryl methyl sites for hydroxylation is 1. The van der Waals surface area contributed by atoms with E-state index in [9.17, 15) is 0 Å². The second-order valence-corrected chi connectivity index (χ2v) is 4.88. The molecule has 1 N–H and O–H groups in total. The van der Waals surface area contributed by atoms with Crippen LogP contribution in [0.15, 0.2) is 6.07 Å². The van der Waals surface area contributed by atoms with Crippen LogP contribution in [0.2, 0.25) is 0 Å². The molecule has 0 aromatic carbocycles. The molecule has 1 aromatic heterocycles. The average molecular weight is 258 g/mol. The number of alkyl halides is 1. The second kappa shape index (κ2) is 6.64. The van der Waals surface area contributed by atoms with E-state index in [2.05, 4.69) is 22.2 Å². The summed E-state index contributed by atoms with van der Waals surface area (Å²) in [6.45, 7) is 8.45. The van der Waals surface area contributed by atoms with Crippen molar-refractivity contribution in [3.63, 3.8) is 0 Å². The van der Waals surface area contributed by atoms with Gasteiger partial charge in [-0.3, -0.25) is 0 Å². The van der Waals surface area contributed by atoms with Crippen molar-refractivity contribution < 1.29 is 4.74 Å². The van der Waals surface area contributed by atoms with Crippen LogP contribution in [0.25, 0.3) is 0 Å². The lowest BCUT2D eigenvalue weighted by Crippen LogP contribution is -2.19. The van der Waals surface area contributed by atoms with E-state index in [0.29, 0.717) is 18.3 Å². The minimum absolute atomic E-state index is 0.145. The monoisotopic (exact) mass is 257 g/mol. The molecule has 1 rings (SSSR count). The van der Waals surface area contributed by atoms with E-state index in [0.717, 1.165) is 12.2 Å². The van der Waals surface area contributed by atoms with Gasteiger partial charge in [0.25, 0.3) is 0 Å². The number of rotatable bonds is 6. The molecule has 4 nitrogen and oxygen atoms in total. The van der Waals surface area contributed by atoms with E-state index >= 15 is 0 Å². The number of hydrogen-bond donors (Lipinski definition) is 1. The Kier molecular flexibility index (Phi) is 5.48. The van der Waals surface area contributed by atoms with Crippen molar-refractivity contribution in [2.24, 2.45) is 0 Å². The highest BCUT2D eigenvalue weighted by atomic mass is 35.5. The second-order valence-electron chi connectivity index (χ2n) is 4.13. The maximum Gasteiger partial charge on any atom is 0.218 e. The highest BCUT2D eigenvalue weighted by Crippen LogP contribution is 2.16. The molecule has 0 saturated heterocycles. The molecule has 96 valence electrons. The standard InChI is InChI=1S/C12H20ClN3O/c1-5-17-12-7-11(15-10(4)16-12)14-9(3)6-8(2)13/h7-9H,5-6H2,1-4H3,(H,14,15,16). The minimum atomic E-state index is 0.145. The van der Waals surface area contributed by atoms with Gasteiger partial charge in [-0.15, -0.1) is 11.6 Å². The van der Waals surface area contributed by atoms with Crippen LogP contribution in [0.5, 0.6) is 5.88 Å². The summed E-state index contributed by atoms with van der Waals surface area (Å²) < 4.78 is 5.37. The van der Waals surface area contributed by atoms with Crippen molar-refractivity contribution >= 4 is 17.4 Å². The molecule has 0 radical (unpaired) electrons. The SMILES string of the molecule is CCOc1cc(NC(C)CC(C)Cl)nc(C)n1. The zero-order chi connectivity index (χ0) is 12.8. The summed E-state index contributed by atoms with van der Waals surface area (Å²) in [5.74, 6) is 2.09. The number of aromatic nitrogens is 2. The number of nitrogens with one attached hydrogen (secondary N) is 1. The van der Waals surface area contributed by atoms with Crippen LogP contribution >= 0.6 is 11.6 Å². The van der Waals surface area contributed by atoms with E-state index in [1.807, 2.05) is 26.8 Å². The summed E-state index contributed by atoms with van der Waals surface area (Å²) in [6.07, 6.45) is 0.884. The molecule has 0 amide bonds. The van der Waals surface area contributed by atoms with Crippen molar-refractivity contribution in [2.45, 2.75) is 45.5 Å². The molecule has 1 aromatic rings. The van der Waals surface area contributed by atoms with Gasteiger partial charge in [0, 0.05) is 17.5 Å². The molecule has 0 aliphatic rings. The van der Waals surface area contributed by atoms with Gasteiger partial charge in [0.15, 0.2) is 0 Å². The Balaban J connectivity index is 2.69. The number of anilines is 1. The van der Waals surface area contributed by atoms with Crippen LogP contribution in [0.4, 0.5) is 5.82 Å². The first kappa shape index (κ1) is 14.0. The number of halogens is 1. The predicted molar refractivity (Wildman–Crippen MR) is 71.0 cm³/mol. The molecule has 5 heteroatoms. The van der Waals surface area contributed by atoms with Crippen molar-refractivity contribution in [3.05, 3.63) is 11.9 Å². The van der Waals surface area contributed by atoms with Crippen molar-refractivity contribution in [3.8, 4) is 5.88 Å². The smallest absolute Gasteiger partial charge is 0.218 e. The number of ether oxygens (including phenoxy) is 1. The fourth-order valence-electron chi connectivity index (χ4n) is 1.63. The lowest BCUT2D eigenvalue weighted by Gasteiger charge is -2.16. The van der Waals surface area contributed by atoms with Gasteiger partial charge >= 0.3 is 0 Å². The van der Waals surface area contributed by atoms with E-state index in [1.165, 1.54) is 0 Å². The molecular formula is C12H20ClN3O. The first-order valence-electron chi connectivity index (χ1n) is 5.90. The van der Waals surface area contributed by atoms with Crippen LogP contribution in [0, 0.1) is 6.92 Å². The Hall–Kier alpha value is -1.03. The molecule has 0 saturated carbocycles. The first-order valence-corrected chi connectivity index (χ1v) is 6.34. The molecule has 0 bridgehead atoms. The Morgan fingerprint density at radius 3 is 2.71 bits per heavy atom. The average Bonchev–Trinajstić information content (AvgIpc) is 2.14. The Morgan fingerprint density at radius 2 is 2.12 bits per heavy atom. The third-order valence-corrected chi connectivity index (χ3v) is 2.36. The zero-order valence-corrected chi connectivity index (χ0v) is 11.6. The summed E-state index contributed by atoms with van der Waals surface area (Å²) >= 11 is 5.95. The zero-order valence-electron chi connectivity index (χ0n) is 10.8. The van der Waals surface area contributed by atoms with E-state index in [-0.39, 0.29) is 11.4 Å². The predicted octanol–water partition coefficient (Wildman–Crippen LogP) is 3.00. The van der Waals surface area contributed by atoms with Gasteiger partial charge < -0.3 is 10.1 Å². The molecule has 2 unspecified atom stereocenters. The Morgan fingerprint density at radius 1 is 1.41 bits per heavy atom. The summed E-state index contributed by atoms with van der Waals surface area (Å²) in [6, 6.07) is 2.08. The summed E-state index contributed by atoms with van der Waals surface area (Å²) in [7, 11) is 0. The normalized spacial score (nSPS) is 14.2. The third kappa shape index (κ3) is 5.22. The first-order chi connectivity index (χ1) is 8.01. The van der Waals surface area contributed by atoms with E-state index < -0.39 is 0 Å². The molecule has 1 heterocycles. The Bertz CT molecular complexity index is 358. The number of nitrogens with zero attached hydrogens (tertiary/aromatic N) is 2. The lowest BCUT2D eigenvalue weighted by atomic mass is 10.2. The highest BCUT2D eigenvalue weighted by molar-refractivity contribution is 6.20. The molecule has 0 aliphatic carbocycles. The van der Waals surface area contributed by atoms with Gasteiger partial charge in [-0.1, -0.05) is 0 Å². The molecule has 0 spiro atoms. The maximum absolute atomic E-state index is 5.95. The van der Waals surface area contributed by atoms with Crippen LogP contribution in [-0.2, 0) is 0 Å². The van der Waals surface area contributed by atoms with Crippen molar-refractivity contribution in [1.29, 1.82) is 0 Å². The molecule has 2 atom stereocenters. The van der Waals surface area contributed by atoms with Gasteiger partial charge in [0.1, 0.15) is 11.6 Å². The van der Waals surface area contributed by atoms with Crippen LogP contribution in [-0.4, -0.2) is 28.0 Å². The lowest BCUT2D eigenvalue weighted by molar-refractivity contribution is 0.325. The molecular weight excluding hydrogens is 238 g/mol. The van der Waals surface area contributed by atoms with Crippen LogP contribution < -0.4 is 10.1 Å². The molecule has 0 aliphatic heterocycles. The quantitative estimate of drug-likeness (QED) is 0.796. The minimum Gasteiger partial charge on any atom is -0.478 e. The van der Waals surface area contributed by atoms with Crippen LogP contribution in [0.1, 0.15) is 33.0 Å². The van der Waals surface area contributed by atoms with Gasteiger partial charge in [-0.2, -0.15) is 4.98 Å². The van der Waals surface area contributed by atoms with Crippen LogP contribution in [0.3, 0.4) is 0 Å². The van der Waals surface area contributed by atoms with Gasteiger partial charge in [0.05, 0.1) is 6.61 Å². The molecule has 0 fully saturated rings. The third-order valence-electron chi connectivity index (χ3n) is 2.18. The van der Waals surface area contributed by atoms with E-state index in [1.54, 1.807) is 0 Å². The maximum atomic E-state index is 5.95. The van der Waals surface area contributed by atoms with E-state index in [4.69, 9.17) is 16.3 Å². The van der Waals surface area contributed by atoms with Gasteiger partial charge in [-0.05, 0) is 34.1 Å². The topological polar surface area (TPSA) is 47.0 Å². The highest BCUT2D eigenvalue weighted by Gasteiger charge is 2.08. The largest absolute Gasteiger partial charge is 0.478 e. The summed E-state index contributed by atoms with van der Waals surface area (Å²) in [5.41, 5.74) is 0. The van der Waals surface area contributed by atoms with Crippen molar-refractivity contribution in [1.82, 2.24) is 9.97 Å². The van der Waals surface area contributed by atoms with Gasteiger partial charge in [0.2, 0.25) is 5.88 Å². The summed E-state index contributed by atoms with van der Waals surface area (Å²) in [5, 5.41) is 3.44. The molecule has 17 heavy (non-hydrogen) atoms. The van der Waals surface area contributed by atoms with Gasteiger partial charge in [-0.25, -0.2) is 4.98 Å². The number of hydrogen-bond acceptors (Lipinski definition) is 4. The fraction of sp³-hybridized carbons (Fsp3) is 0.667. The fourth-order valence-corrected chi connectivity index (χ4v) is 1.90. The Labute approximate surface area is 108 Å². The van der Waals surface area contributed by atoms with Crippen molar-refractivity contribution in [2.75, 3.05) is 11.9 Å².